The molecule has 1 aliphatic heterocycles. The topological polar surface area (TPSA) is 38.1 Å². The Labute approximate surface area is 129 Å². The summed E-state index contributed by atoms with van der Waals surface area (Å²) in [6, 6.07) is 4.24. The highest BCUT2D eigenvalue weighted by molar-refractivity contribution is 7.10. The highest BCUT2D eigenvalue weighted by Crippen LogP contribution is 2.35. The van der Waals surface area contributed by atoms with Gasteiger partial charge in [-0.1, -0.05) is 6.07 Å². The van der Waals surface area contributed by atoms with Crippen molar-refractivity contribution in [2.45, 2.75) is 39.2 Å². The summed E-state index contributed by atoms with van der Waals surface area (Å²) >= 11 is 1.65. The van der Waals surface area contributed by atoms with Gasteiger partial charge in [0.05, 0.1) is 18.2 Å². The lowest BCUT2D eigenvalue weighted by atomic mass is 10.0. The second-order valence-electron chi connectivity index (χ2n) is 5.71. The van der Waals surface area contributed by atoms with E-state index in [1.54, 1.807) is 11.3 Å². The summed E-state index contributed by atoms with van der Waals surface area (Å²) in [6.07, 6.45) is 2.64. The minimum atomic E-state index is 0.200. The number of nitrogens with zero attached hydrogens (tertiary/aromatic N) is 3. The molecule has 3 rings (SSSR count). The van der Waals surface area contributed by atoms with Crippen molar-refractivity contribution < 1.29 is 4.79 Å². The number of aromatic nitrogens is 2. The van der Waals surface area contributed by atoms with E-state index in [-0.39, 0.29) is 11.9 Å². The Bertz CT molecular complexity index is 645. The molecule has 0 saturated carbocycles. The van der Waals surface area contributed by atoms with E-state index in [2.05, 4.69) is 16.9 Å². The number of hydrogen-bond donors (Lipinski definition) is 0. The maximum Gasteiger partial charge on any atom is 0.228 e. The van der Waals surface area contributed by atoms with Crippen LogP contribution in [0.2, 0.25) is 0 Å². The molecule has 1 aliphatic rings. The number of rotatable bonds is 3. The van der Waals surface area contributed by atoms with Crippen LogP contribution in [0.4, 0.5) is 0 Å². The average molecular weight is 303 g/mol. The summed E-state index contributed by atoms with van der Waals surface area (Å²) < 4.78 is 1.92. The summed E-state index contributed by atoms with van der Waals surface area (Å²) in [5, 5.41) is 6.53. The number of likely N-dealkylation sites (tertiary alicyclic amines) is 1. The fraction of sp³-hybridized carbons (Fsp3) is 0.500. The third-order valence-corrected chi connectivity index (χ3v) is 5.25. The molecule has 0 unspecified atom stereocenters. The van der Waals surface area contributed by atoms with E-state index in [0.717, 1.165) is 30.0 Å². The van der Waals surface area contributed by atoms with Crippen molar-refractivity contribution >= 4 is 17.2 Å². The molecule has 0 bridgehead atoms. The Balaban J connectivity index is 1.83. The van der Waals surface area contributed by atoms with Crippen molar-refractivity contribution in [3.63, 3.8) is 0 Å². The van der Waals surface area contributed by atoms with Gasteiger partial charge in [-0.3, -0.25) is 9.48 Å². The summed E-state index contributed by atoms with van der Waals surface area (Å²) in [5.74, 6) is 0.239. The molecule has 3 heterocycles. The summed E-state index contributed by atoms with van der Waals surface area (Å²) in [4.78, 5) is 15.8. The quantitative estimate of drug-likeness (QED) is 0.874. The summed E-state index contributed by atoms with van der Waals surface area (Å²) in [5.41, 5.74) is 3.47. The van der Waals surface area contributed by atoms with E-state index < -0.39 is 0 Å². The van der Waals surface area contributed by atoms with E-state index in [0.29, 0.717) is 6.42 Å². The zero-order valence-corrected chi connectivity index (χ0v) is 13.6. The van der Waals surface area contributed by atoms with Gasteiger partial charge in [-0.15, -0.1) is 11.3 Å². The fourth-order valence-corrected chi connectivity index (χ4v) is 4.00. The van der Waals surface area contributed by atoms with Gasteiger partial charge in [-0.05, 0) is 38.1 Å². The molecular weight excluding hydrogens is 282 g/mol. The van der Waals surface area contributed by atoms with Crippen molar-refractivity contribution in [2.24, 2.45) is 7.05 Å². The smallest absolute Gasteiger partial charge is 0.228 e. The van der Waals surface area contributed by atoms with E-state index in [4.69, 9.17) is 0 Å². The van der Waals surface area contributed by atoms with Crippen LogP contribution in [0.15, 0.2) is 17.5 Å². The van der Waals surface area contributed by atoms with Gasteiger partial charge in [-0.25, -0.2) is 0 Å². The Morgan fingerprint density at radius 3 is 2.90 bits per heavy atom. The fourth-order valence-electron chi connectivity index (χ4n) is 3.30. The van der Waals surface area contributed by atoms with Crippen LogP contribution in [-0.2, 0) is 18.3 Å². The standard InChI is InChI=1S/C16H21N3OS/c1-11-16(12(2)18(3)17-11)14-7-4-8-19(14)15(20)10-13-6-5-9-21-13/h5-6,9,14H,4,7-8,10H2,1-3H3/t14-/m1/s1. The van der Waals surface area contributed by atoms with Gasteiger partial charge in [0.15, 0.2) is 0 Å². The van der Waals surface area contributed by atoms with E-state index in [1.807, 2.05) is 36.2 Å². The number of hydrogen-bond acceptors (Lipinski definition) is 3. The van der Waals surface area contributed by atoms with Crippen LogP contribution in [0.1, 0.15) is 40.7 Å². The summed E-state index contributed by atoms with van der Waals surface area (Å²) in [7, 11) is 1.97. The lowest BCUT2D eigenvalue weighted by Gasteiger charge is -2.25. The normalized spacial score (nSPS) is 18.4. The lowest BCUT2D eigenvalue weighted by molar-refractivity contribution is -0.131. The molecule has 5 heteroatoms. The molecule has 0 aliphatic carbocycles. The number of aryl methyl sites for hydroxylation is 2. The minimum absolute atomic E-state index is 0.200. The van der Waals surface area contributed by atoms with Crippen LogP contribution >= 0.6 is 11.3 Å². The number of carbonyl (C=O) groups excluding carboxylic acids is 1. The van der Waals surface area contributed by atoms with Crippen molar-refractivity contribution in [3.05, 3.63) is 39.3 Å². The molecule has 2 aromatic heterocycles. The number of thiophene rings is 1. The maximum atomic E-state index is 12.6. The van der Waals surface area contributed by atoms with Crippen molar-refractivity contribution in [1.29, 1.82) is 0 Å². The molecule has 0 N–H and O–H groups in total. The molecule has 1 atom stereocenters. The average Bonchev–Trinajstić information content (AvgIpc) is 3.13. The van der Waals surface area contributed by atoms with Gasteiger partial charge in [-0.2, -0.15) is 5.10 Å². The van der Waals surface area contributed by atoms with E-state index >= 15 is 0 Å². The molecule has 1 saturated heterocycles. The molecule has 0 radical (unpaired) electrons. The first-order valence-electron chi connectivity index (χ1n) is 7.40. The van der Waals surface area contributed by atoms with Gasteiger partial charge in [0.25, 0.3) is 0 Å². The van der Waals surface area contributed by atoms with E-state index in [1.165, 1.54) is 11.3 Å². The number of amides is 1. The Morgan fingerprint density at radius 2 is 2.29 bits per heavy atom. The second kappa shape index (κ2) is 5.64. The van der Waals surface area contributed by atoms with Gasteiger partial charge >= 0.3 is 0 Å². The molecule has 1 fully saturated rings. The molecule has 2 aromatic rings. The van der Waals surface area contributed by atoms with Crippen LogP contribution in [0.5, 0.6) is 0 Å². The van der Waals surface area contributed by atoms with Crippen LogP contribution < -0.4 is 0 Å². The number of carbonyl (C=O) groups is 1. The van der Waals surface area contributed by atoms with Crippen LogP contribution in [-0.4, -0.2) is 27.1 Å². The van der Waals surface area contributed by atoms with Crippen LogP contribution in [0.3, 0.4) is 0 Å². The van der Waals surface area contributed by atoms with E-state index in [9.17, 15) is 4.79 Å². The van der Waals surface area contributed by atoms with Gasteiger partial charge < -0.3 is 4.90 Å². The molecule has 4 nitrogen and oxygen atoms in total. The molecule has 21 heavy (non-hydrogen) atoms. The van der Waals surface area contributed by atoms with Crippen LogP contribution in [0.25, 0.3) is 0 Å². The first-order valence-corrected chi connectivity index (χ1v) is 8.28. The zero-order chi connectivity index (χ0) is 15.0. The van der Waals surface area contributed by atoms with Crippen molar-refractivity contribution in [1.82, 2.24) is 14.7 Å². The van der Waals surface area contributed by atoms with Gasteiger partial charge in [0.2, 0.25) is 5.91 Å². The molecule has 112 valence electrons. The minimum Gasteiger partial charge on any atom is -0.335 e. The highest BCUT2D eigenvalue weighted by atomic mass is 32.1. The predicted molar refractivity (Wildman–Crippen MR) is 84.4 cm³/mol. The van der Waals surface area contributed by atoms with Crippen molar-refractivity contribution in [3.8, 4) is 0 Å². The maximum absolute atomic E-state index is 12.6. The highest BCUT2D eigenvalue weighted by Gasteiger charge is 2.33. The first kappa shape index (κ1) is 14.3. The Kier molecular flexibility index (Phi) is 3.85. The van der Waals surface area contributed by atoms with Gasteiger partial charge in [0.1, 0.15) is 0 Å². The Morgan fingerprint density at radius 1 is 1.48 bits per heavy atom. The Hall–Kier alpha value is -1.62. The summed E-state index contributed by atoms with van der Waals surface area (Å²) in [6.45, 7) is 5.00. The predicted octanol–water partition coefficient (Wildman–Crippen LogP) is 3.00. The van der Waals surface area contributed by atoms with Crippen molar-refractivity contribution in [2.75, 3.05) is 6.54 Å². The molecule has 1 amide bonds. The lowest BCUT2D eigenvalue weighted by Crippen LogP contribution is -2.32. The molecule has 0 spiro atoms. The van der Waals surface area contributed by atoms with Crippen LogP contribution in [0, 0.1) is 13.8 Å². The first-order chi connectivity index (χ1) is 10.1. The third kappa shape index (κ3) is 2.62. The largest absolute Gasteiger partial charge is 0.335 e. The third-order valence-electron chi connectivity index (χ3n) is 4.38. The zero-order valence-electron chi connectivity index (χ0n) is 12.8. The monoisotopic (exact) mass is 303 g/mol. The second-order valence-corrected chi connectivity index (χ2v) is 6.74. The molecular formula is C16H21N3OS. The molecule has 0 aromatic carbocycles. The SMILES string of the molecule is Cc1nn(C)c(C)c1[C@H]1CCCN1C(=O)Cc1cccs1. The van der Waals surface area contributed by atoms with Gasteiger partial charge in [0, 0.05) is 29.7 Å².